The molecule has 1 aliphatic heterocycles. The molecule has 3 heteroatoms. The molecule has 0 bridgehead atoms. The van der Waals surface area contributed by atoms with Crippen molar-refractivity contribution < 1.29 is 5.11 Å². The molecule has 2 aliphatic rings. The van der Waals surface area contributed by atoms with Crippen LogP contribution >= 0.6 is 0 Å². The molecule has 124 valence electrons. The summed E-state index contributed by atoms with van der Waals surface area (Å²) in [5, 5.41) is 14.0. The lowest BCUT2D eigenvalue weighted by molar-refractivity contribution is 0.0623. The molecule has 3 nitrogen and oxygen atoms in total. The first-order valence-corrected chi connectivity index (χ1v) is 9.11. The molecule has 0 spiro atoms. The Morgan fingerprint density at radius 2 is 1.86 bits per heavy atom. The van der Waals surface area contributed by atoms with E-state index in [0.29, 0.717) is 23.9 Å². The van der Waals surface area contributed by atoms with Crippen LogP contribution in [0.15, 0.2) is 0 Å². The van der Waals surface area contributed by atoms with Gasteiger partial charge in [-0.1, -0.05) is 13.8 Å². The lowest BCUT2D eigenvalue weighted by atomic mass is 9.87. The zero-order chi connectivity index (χ0) is 15.4. The van der Waals surface area contributed by atoms with E-state index < -0.39 is 0 Å². The van der Waals surface area contributed by atoms with E-state index in [1.165, 1.54) is 38.8 Å². The maximum atomic E-state index is 10.3. The minimum Gasteiger partial charge on any atom is -0.393 e. The van der Waals surface area contributed by atoms with Crippen LogP contribution in [0.5, 0.6) is 0 Å². The zero-order valence-corrected chi connectivity index (χ0v) is 14.5. The topological polar surface area (TPSA) is 35.5 Å². The van der Waals surface area contributed by atoms with Gasteiger partial charge in [0.05, 0.1) is 6.10 Å². The fraction of sp³-hybridized carbons (Fsp3) is 1.00. The lowest BCUT2D eigenvalue weighted by Crippen LogP contribution is -2.52. The summed E-state index contributed by atoms with van der Waals surface area (Å²) < 4.78 is 0. The van der Waals surface area contributed by atoms with E-state index in [0.717, 1.165) is 18.9 Å². The number of aliphatic hydroxyl groups is 1. The Kier molecular flexibility index (Phi) is 6.51. The molecule has 1 heterocycles. The van der Waals surface area contributed by atoms with E-state index in [4.69, 9.17) is 0 Å². The third-order valence-corrected chi connectivity index (χ3v) is 5.19. The number of piperidine rings is 1. The average molecular weight is 296 g/mol. The van der Waals surface area contributed by atoms with E-state index in [2.05, 4.69) is 37.9 Å². The van der Waals surface area contributed by atoms with Crippen LogP contribution in [0.4, 0.5) is 0 Å². The summed E-state index contributed by atoms with van der Waals surface area (Å²) in [6, 6.07) is 1.22. The fourth-order valence-corrected chi connectivity index (χ4v) is 3.57. The van der Waals surface area contributed by atoms with Crippen molar-refractivity contribution in [2.45, 2.75) is 78.0 Å². The molecule has 1 saturated carbocycles. The van der Waals surface area contributed by atoms with E-state index in [1.807, 2.05) is 0 Å². The van der Waals surface area contributed by atoms with Gasteiger partial charge < -0.3 is 10.4 Å². The highest BCUT2D eigenvalue weighted by Crippen LogP contribution is 2.36. The van der Waals surface area contributed by atoms with Crippen molar-refractivity contribution in [1.82, 2.24) is 10.2 Å². The summed E-state index contributed by atoms with van der Waals surface area (Å²) in [5.74, 6) is 2.05. The Bertz CT molecular complexity index is 300. The fourth-order valence-electron chi connectivity index (χ4n) is 3.57. The molecule has 1 saturated heterocycles. The smallest absolute Gasteiger partial charge is 0.0571 e. The van der Waals surface area contributed by atoms with Gasteiger partial charge in [0.25, 0.3) is 0 Å². The summed E-state index contributed by atoms with van der Waals surface area (Å²) in [6.07, 6.45) is 5.96. The standard InChI is InChI=1S/C18H36N2O/c1-13(2)7-8-19-17-9-15(10-18(21)16-5-6-16)11-20(12-17)14(3)4/h13-19,21H,5-12H2,1-4H3. The number of likely N-dealkylation sites (tertiary alicyclic amines) is 1. The number of aliphatic hydroxyl groups excluding tert-OH is 1. The van der Waals surface area contributed by atoms with Gasteiger partial charge in [0.2, 0.25) is 0 Å². The van der Waals surface area contributed by atoms with Crippen molar-refractivity contribution in [3.63, 3.8) is 0 Å². The van der Waals surface area contributed by atoms with Gasteiger partial charge in [0.15, 0.2) is 0 Å². The first-order valence-electron chi connectivity index (χ1n) is 9.11. The van der Waals surface area contributed by atoms with Gasteiger partial charge in [-0.25, -0.2) is 0 Å². The van der Waals surface area contributed by atoms with Crippen LogP contribution in [0, 0.1) is 17.8 Å². The van der Waals surface area contributed by atoms with Crippen molar-refractivity contribution in [1.29, 1.82) is 0 Å². The number of nitrogens with zero attached hydrogens (tertiary/aromatic N) is 1. The number of hydrogen-bond donors (Lipinski definition) is 2. The largest absolute Gasteiger partial charge is 0.393 e. The molecule has 21 heavy (non-hydrogen) atoms. The van der Waals surface area contributed by atoms with Crippen LogP contribution in [0.2, 0.25) is 0 Å². The van der Waals surface area contributed by atoms with Gasteiger partial charge in [-0.2, -0.15) is 0 Å². The second-order valence-electron chi connectivity index (χ2n) is 8.12. The van der Waals surface area contributed by atoms with Crippen LogP contribution < -0.4 is 5.32 Å². The summed E-state index contributed by atoms with van der Waals surface area (Å²) in [4.78, 5) is 2.60. The number of nitrogens with one attached hydrogen (secondary N) is 1. The van der Waals surface area contributed by atoms with Crippen LogP contribution in [0.3, 0.4) is 0 Å². The van der Waals surface area contributed by atoms with Gasteiger partial charge >= 0.3 is 0 Å². The summed E-state index contributed by atoms with van der Waals surface area (Å²) in [7, 11) is 0. The number of rotatable bonds is 8. The highest BCUT2D eigenvalue weighted by atomic mass is 16.3. The Morgan fingerprint density at radius 1 is 1.14 bits per heavy atom. The molecule has 2 fully saturated rings. The van der Waals surface area contributed by atoms with Crippen molar-refractivity contribution in [3.8, 4) is 0 Å². The van der Waals surface area contributed by atoms with Gasteiger partial charge in [0.1, 0.15) is 0 Å². The van der Waals surface area contributed by atoms with Crippen molar-refractivity contribution in [2.24, 2.45) is 17.8 Å². The Balaban J connectivity index is 1.81. The van der Waals surface area contributed by atoms with Crippen LogP contribution in [0.25, 0.3) is 0 Å². The summed E-state index contributed by atoms with van der Waals surface area (Å²) >= 11 is 0. The molecule has 0 aromatic carbocycles. The molecule has 2 N–H and O–H groups in total. The van der Waals surface area contributed by atoms with Gasteiger partial charge in [0, 0.05) is 25.2 Å². The molecule has 3 unspecified atom stereocenters. The predicted octanol–water partition coefficient (Wildman–Crippen LogP) is 2.88. The predicted molar refractivity (Wildman–Crippen MR) is 89.4 cm³/mol. The molecule has 0 amide bonds. The van der Waals surface area contributed by atoms with E-state index in [9.17, 15) is 5.11 Å². The second kappa shape index (κ2) is 7.94. The van der Waals surface area contributed by atoms with E-state index in [-0.39, 0.29) is 6.10 Å². The zero-order valence-electron chi connectivity index (χ0n) is 14.5. The van der Waals surface area contributed by atoms with E-state index in [1.54, 1.807) is 0 Å². The molecule has 3 atom stereocenters. The summed E-state index contributed by atoms with van der Waals surface area (Å²) in [6.45, 7) is 12.6. The molecule has 0 radical (unpaired) electrons. The maximum absolute atomic E-state index is 10.3. The van der Waals surface area contributed by atoms with Crippen LogP contribution in [-0.4, -0.2) is 47.8 Å². The van der Waals surface area contributed by atoms with Crippen molar-refractivity contribution >= 4 is 0 Å². The molecular formula is C18H36N2O. The lowest BCUT2D eigenvalue weighted by Gasteiger charge is -2.41. The van der Waals surface area contributed by atoms with Gasteiger partial charge in [-0.3, -0.25) is 4.90 Å². The first-order chi connectivity index (χ1) is 9.95. The third-order valence-electron chi connectivity index (χ3n) is 5.19. The molecule has 0 aromatic rings. The monoisotopic (exact) mass is 296 g/mol. The highest BCUT2D eigenvalue weighted by Gasteiger charge is 2.34. The molecular weight excluding hydrogens is 260 g/mol. The van der Waals surface area contributed by atoms with Gasteiger partial charge in [-0.05, 0) is 70.3 Å². The SMILES string of the molecule is CC(C)CCNC1CC(CC(O)C2CC2)CN(C(C)C)C1. The molecule has 0 aromatic heterocycles. The number of hydrogen-bond acceptors (Lipinski definition) is 3. The van der Waals surface area contributed by atoms with Crippen molar-refractivity contribution in [2.75, 3.05) is 19.6 Å². The Morgan fingerprint density at radius 3 is 2.43 bits per heavy atom. The minimum atomic E-state index is -0.0431. The van der Waals surface area contributed by atoms with E-state index >= 15 is 0 Å². The normalized spacial score (nSPS) is 29.3. The Hall–Kier alpha value is -0.120. The van der Waals surface area contributed by atoms with Crippen molar-refractivity contribution in [3.05, 3.63) is 0 Å². The molecule has 2 rings (SSSR count). The van der Waals surface area contributed by atoms with Crippen LogP contribution in [-0.2, 0) is 0 Å². The quantitative estimate of drug-likeness (QED) is 0.723. The summed E-state index contributed by atoms with van der Waals surface area (Å²) in [5.41, 5.74) is 0. The Labute approximate surface area is 131 Å². The highest BCUT2D eigenvalue weighted by molar-refractivity contribution is 4.89. The average Bonchev–Trinajstić information content (AvgIpc) is 3.22. The molecule has 1 aliphatic carbocycles. The minimum absolute atomic E-state index is 0.0431. The second-order valence-corrected chi connectivity index (χ2v) is 8.12. The maximum Gasteiger partial charge on any atom is 0.0571 e. The van der Waals surface area contributed by atoms with Gasteiger partial charge in [-0.15, -0.1) is 0 Å². The van der Waals surface area contributed by atoms with Crippen LogP contribution in [0.1, 0.15) is 59.8 Å². The third kappa shape index (κ3) is 5.88. The first kappa shape index (κ1) is 17.2.